The van der Waals surface area contributed by atoms with Crippen molar-refractivity contribution in [2.75, 3.05) is 0 Å². The number of aromatic nitrogens is 3. The van der Waals surface area contributed by atoms with Crippen LogP contribution in [0.3, 0.4) is 0 Å². The number of nitrogens with zero attached hydrogens (tertiary/aromatic N) is 2. The molecule has 5 nitrogen and oxygen atoms in total. The minimum Gasteiger partial charge on any atom is -0.366 e. The van der Waals surface area contributed by atoms with Gasteiger partial charge in [0.2, 0.25) is 5.91 Å². The Labute approximate surface area is 115 Å². The number of benzene rings is 1. The second-order valence-corrected chi connectivity index (χ2v) is 4.71. The third-order valence-corrected chi connectivity index (χ3v) is 3.21. The van der Waals surface area contributed by atoms with Crippen LogP contribution in [-0.4, -0.2) is 20.9 Å². The lowest BCUT2D eigenvalue weighted by molar-refractivity contribution is 0.100. The van der Waals surface area contributed by atoms with E-state index < -0.39 is 5.91 Å². The topological polar surface area (TPSA) is 84.7 Å². The van der Waals surface area contributed by atoms with Crippen molar-refractivity contribution in [1.29, 1.82) is 0 Å². The number of H-pyrrole nitrogens is 1. The summed E-state index contributed by atoms with van der Waals surface area (Å²) in [6.45, 7) is 1.92. The van der Waals surface area contributed by atoms with Crippen LogP contribution >= 0.6 is 0 Å². The number of fused-ring (bicyclic) bond motifs is 1. The van der Waals surface area contributed by atoms with Crippen LogP contribution in [0.1, 0.15) is 27.4 Å². The molecule has 0 aliphatic rings. The molecule has 0 atom stereocenters. The first-order valence-corrected chi connectivity index (χ1v) is 6.32. The van der Waals surface area contributed by atoms with Crippen LogP contribution in [0.4, 0.5) is 0 Å². The Hall–Kier alpha value is -2.69. The van der Waals surface area contributed by atoms with Crippen molar-refractivity contribution >= 4 is 16.9 Å². The van der Waals surface area contributed by atoms with E-state index in [1.807, 2.05) is 25.1 Å². The summed E-state index contributed by atoms with van der Waals surface area (Å²) >= 11 is 0. The standard InChI is InChI=1S/C15H14N4O/c1-9-18-12-6-7-17-13(14(12)19-9)8-10-2-4-11(5-3-10)15(16)20/h2-7H,8H2,1H3,(H2,16,20)(H,18,19). The summed E-state index contributed by atoms with van der Waals surface area (Å²) in [5.74, 6) is 0.457. The van der Waals surface area contributed by atoms with Crippen molar-refractivity contribution in [3.05, 3.63) is 59.2 Å². The fourth-order valence-corrected chi connectivity index (χ4v) is 2.22. The number of primary amides is 1. The maximum Gasteiger partial charge on any atom is 0.248 e. The molecule has 100 valence electrons. The molecular formula is C15H14N4O. The molecule has 0 spiro atoms. The van der Waals surface area contributed by atoms with Crippen LogP contribution in [0.15, 0.2) is 36.5 Å². The minimum absolute atomic E-state index is 0.417. The number of nitrogens with one attached hydrogen (secondary N) is 1. The third kappa shape index (κ3) is 2.25. The smallest absolute Gasteiger partial charge is 0.248 e. The van der Waals surface area contributed by atoms with Gasteiger partial charge in [-0.15, -0.1) is 0 Å². The lowest BCUT2D eigenvalue weighted by atomic mass is 10.1. The van der Waals surface area contributed by atoms with E-state index in [1.54, 1.807) is 18.3 Å². The van der Waals surface area contributed by atoms with Crippen LogP contribution in [0.2, 0.25) is 0 Å². The number of hydrogen-bond acceptors (Lipinski definition) is 3. The number of pyridine rings is 1. The van der Waals surface area contributed by atoms with Gasteiger partial charge in [0, 0.05) is 18.2 Å². The molecule has 2 heterocycles. The predicted octanol–water partition coefficient (Wildman–Crippen LogP) is 1.96. The van der Waals surface area contributed by atoms with Gasteiger partial charge >= 0.3 is 0 Å². The van der Waals surface area contributed by atoms with E-state index in [9.17, 15) is 4.79 Å². The Morgan fingerprint density at radius 3 is 2.70 bits per heavy atom. The molecule has 3 aromatic rings. The monoisotopic (exact) mass is 266 g/mol. The van der Waals surface area contributed by atoms with E-state index in [0.29, 0.717) is 12.0 Å². The van der Waals surface area contributed by atoms with E-state index in [1.165, 1.54) is 0 Å². The maximum absolute atomic E-state index is 11.0. The molecule has 0 radical (unpaired) electrons. The average Bonchev–Trinajstić information content (AvgIpc) is 2.81. The zero-order valence-electron chi connectivity index (χ0n) is 11.1. The second-order valence-electron chi connectivity index (χ2n) is 4.71. The van der Waals surface area contributed by atoms with E-state index >= 15 is 0 Å². The van der Waals surface area contributed by atoms with Crippen molar-refractivity contribution in [3.63, 3.8) is 0 Å². The number of rotatable bonds is 3. The fourth-order valence-electron chi connectivity index (χ4n) is 2.22. The quantitative estimate of drug-likeness (QED) is 0.760. The van der Waals surface area contributed by atoms with Crippen LogP contribution in [0.5, 0.6) is 0 Å². The molecular weight excluding hydrogens is 252 g/mol. The number of carbonyl (C=O) groups is 1. The summed E-state index contributed by atoms with van der Waals surface area (Å²) in [5, 5.41) is 0. The molecule has 0 saturated carbocycles. The van der Waals surface area contributed by atoms with Gasteiger partial charge < -0.3 is 10.7 Å². The first-order chi connectivity index (χ1) is 9.63. The van der Waals surface area contributed by atoms with Crippen LogP contribution in [0.25, 0.3) is 11.0 Å². The molecule has 0 saturated heterocycles. The molecule has 0 unspecified atom stereocenters. The van der Waals surface area contributed by atoms with Gasteiger partial charge in [-0.3, -0.25) is 9.78 Å². The highest BCUT2D eigenvalue weighted by atomic mass is 16.1. The molecule has 1 amide bonds. The summed E-state index contributed by atoms with van der Waals surface area (Å²) in [5.41, 5.74) is 9.60. The molecule has 1 aromatic carbocycles. The highest BCUT2D eigenvalue weighted by Crippen LogP contribution is 2.17. The Kier molecular flexibility index (Phi) is 2.95. The summed E-state index contributed by atoms with van der Waals surface area (Å²) in [6.07, 6.45) is 2.44. The number of aryl methyl sites for hydroxylation is 1. The molecule has 3 rings (SSSR count). The number of amides is 1. The lowest BCUT2D eigenvalue weighted by Crippen LogP contribution is -2.10. The van der Waals surface area contributed by atoms with Crippen molar-refractivity contribution in [2.45, 2.75) is 13.3 Å². The van der Waals surface area contributed by atoms with Crippen LogP contribution < -0.4 is 5.73 Å². The normalized spacial score (nSPS) is 10.8. The minimum atomic E-state index is -0.417. The average molecular weight is 266 g/mol. The predicted molar refractivity (Wildman–Crippen MR) is 76.4 cm³/mol. The zero-order chi connectivity index (χ0) is 14.1. The highest BCUT2D eigenvalue weighted by Gasteiger charge is 2.08. The highest BCUT2D eigenvalue weighted by molar-refractivity contribution is 5.92. The van der Waals surface area contributed by atoms with Crippen molar-refractivity contribution in [2.24, 2.45) is 5.73 Å². The van der Waals surface area contributed by atoms with Gasteiger partial charge in [-0.25, -0.2) is 4.98 Å². The summed E-state index contributed by atoms with van der Waals surface area (Å²) in [4.78, 5) is 23.1. The molecule has 2 aromatic heterocycles. The van der Waals surface area contributed by atoms with Gasteiger partial charge in [-0.2, -0.15) is 0 Å². The molecule has 0 aliphatic heterocycles. The Balaban J connectivity index is 1.94. The summed E-state index contributed by atoms with van der Waals surface area (Å²) in [6, 6.07) is 9.15. The zero-order valence-corrected chi connectivity index (χ0v) is 11.1. The summed E-state index contributed by atoms with van der Waals surface area (Å²) < 4.78 is 0. The number of nitrogens with two attached hydrogens (primary N) is 1. The Morgan fingerprint density at radius 2 is 2.00 bits per heavy atom. The number of imidazole rings is 1. The van der Waals surface area contributed by atoms with Crippen molar-refractivity contribution < 1.29 is 4.79 Å². The van der Waals surface area contributed by atoms with Crippen molar-refractivity contribution in [3.8, 4) is 0 Å². The molecule has 0 fully saturated rings. The van der Waals surface area contributed by atoms with Crippen LogP contribution in [0, 0.1) is 6.92 Å². The third-order valence-electron chi connectivity index (χ3n) is 3.21. The Bertz CT molecular complexity index is 774. The number of carbonyl (C=O) groups excluding carboxylic acids is 1. The lowest BCUT2D eigenvalue weighted by Gasteiger charge is -2.03. The molecule has 20 heavy (non-hydrogen) atoms. The van der Waals surface area contributed by atoms with Gasteiger partial charge in [0.25, 0.3) is 0 Å². The van der Waals surface area contributed by atoms with E-state index in [2.05, 4.69) is 15.0 Å². The largest absolute Gasteiger partial charge is 0.366 e. The van der Waals surface area contributed by atoms with Crippen LogP contribution in [-0.2, 0) is 6.42 Å². The van der Waals surface area contributed by atoms with Gasteiger partial charge in [0.15, 0.2) is 0 Å². The van der Waals surface area contributed by atoms with Gasteiger partial charge in [-0.1, -0.05) is 12.1 Å². The first kappa shape index (κ1) is 12.3. The maximum atomic E-state index is 11.0. The molecule has 5 heteroatoms. The Morgan fingerprint density at radius 1 is 1.25 bits per heavy atom. The van der Waals surface area contributed by atoms with E-state index in [4.69, 9.17) is 5.73 Å². The summed E-state index contributed by atoms with van der Waals surface area (Å²) in [7, 11) is 0. The van der Waals surface area contributed by atoms with E-state index in [-0.39, 0.29) is 0 Å². The molecule has 0 bridgehead atoms. The van der Waals surface area contributed by atoms with Gasteiger partial charge in [-0.05, 0) is 30.7 Å². The van der Waals surface area contributed by atoms with E-state index in [0.717, 1.165) is 28.1 Å². The number of hydrogen-bond donors (Lipinski definition) is 2. The van der Waals surface area contributed by atoms with Gasteiger partial charge in [0.05, 0.1) is 11.2 Å². The molecule has 3 N–H and O–H groups in total. The number of aromatic amines is 1. The first-order valence-electron chi connectivity index (χ1n) is 6.32. The van der Waals surface area contributed by atoms with Gasteiger partial charge in [0.1, 0.15) is 11.3 Å². The van der Waals surface area contributed by atoms with Crippen molar-refractivity contribution in [1.82, 2.24) is 15.0 Å². The fraction of sp³-hybridized carbons (Fsp3) is 0.133. The second kappa shape index (κ2) is 4.77. The SMILES string of the molecule is Cc1nc2c(Cc3ccc(C(N)=O)cc3)nccc2[nH]1. The molecule has 0 aliphatic carbocycles.